The average Bonchev–Trinajstić information content (AvgIpc) is 2.77. The van der Waals surface area contributed by atoms with Crippen molar-refractivity contribution in [3.05, 3.63) is 54.1 Å². The van der Waals surface area contributed by atoms with Gasteiger partial charge < -0.3 is 25.4 Å². The van der Waals surface area contributed by atoms with Gasteiger partial charge in [0.1, 0.15) is 11.5 Å². The molecule has 0 aliphatic heterocycles. The Balaban J connectivity index is 1.97. The van der Waals surface area contributed by atoms with E-state index in [-0.39, 0.29) is 12.6 Å². The molecular weight excluding hydrogens is 370 g/mol. The van der Waals surface area contributed by atoms with Gasteiger partial charge >= 0.3 is 6.03 Å². The first-order valence-electron chi connectivity index (χ1n) is 9.29. The predicted octanol–water partition coefficient (Wildman–Crippen LogP) is 3.16. The molecule has 2 aromatic heterocycles. The number of rotatable bonds is 7. The van der Waals surface area contributed by atoms with Crippen LogP contribution >= 0.6 is 0 Å². The fourth-order valence-corrected chi connectivity index (χ4v) is 3.14. The number of anilines is 1. The summed E-state index contributed by atoms with van der Waals surface area (Å²) >= 11 is 0. The third kappa shape index (κ3) is 4.38. The molecule has 2 amide bonds. The second-order valence-corrected chi connectivity index (χ2v) is 6.37. The Morgan fingerprint density at radius 3 is 2.59 bits per heavy atom. The third-order valence-electron chi connectivity index (χ3n) is 4.69. The lowest BCUT2D eigenvalue weighted by atomic mass is 10.1. The molecule has 152 valence electrons. The van der Waals surface area contributed by atoms with Crippen molar-refractivity contribution in [2.45, 2.75) is 20.0 Å². The topological polar surface area (TPSA) is 103 Å². The number of aromatic nitrogens is 2. The maximum atomic E-state index is 12.9. The van der Waals surface area contributed by atoms with Crippen molar-refractivity contribution in [2.24, 2.45) is 5.73 Å². The second-order valence-electron chi connectivity index (χ2n) is 6.37. The zero-order valence-electron chi connectivity index (χ0n) is 16.8. The molecule has 0 aliphatic carbocycles. The SMILES string of the molecule is CCN(Cc1ccncc1)C(=O)Nc1cnc(CN)c2c(OC)cc(OC)cc12. The van der Waals surface area contributed by atoms with Crippen LogP contribution in [0.5, 0.6) is 11.5 Å². The minimum absolute atomic E-state index is 0.227. The predicted molar refractivity (Wildman–Crippen MR) is 112 cm³/mol. The molecule has 0 radical (unpaired) electrons. The van der Waals surface area contributed by atoms with Crippen LogP contribution in [0.15, 0.2) is 42.9 Å². The lowest BCUT2D eigenvalue weighted by Gasteiger charge is -2.22. The van der Waals surface area contributed by atoms with E-state index in [2.05, 4.69) is 15.3 Å². The number of methoxy groups -OCH3 is 2. The molecule has 3 rings (SSSR count). The molecule has 0 unspecified atom stereocenters. The highest BCUT2D eigenvalue weighted by Crippen LogP contribution is 2.36. The molecule has 0 bridgehead atoms. The molecule has 0 aliphatic rings. The molecule has 3 N–H and O–H groups in total. The number of nitrogens with one attached hydrogen (secondary N) is 1. The second kappa shape index (κ2) is 9.20. The number of amides is 2. The average molecular weight is 395 g/mol. The van der Waals surface area contributed by atoms with E-state index in [1.54, 1.807) is 43.8 Å². The van der Waals surface area contributed by atoms with Crippen molar-refractivity contribution in [1.82, 2.24) is 14.9 Å². The summed E-state index contributed by atoms with van der Waals surface area (Å²) in [6.07, 6.45) is 5.03. The normalized spacial score (nSPS) is 10.6. The number of pyridine rings is 2. The van der Waals surface area contributed by atoms with Gasteiger partial charge in [0.15, 0.2) is 0 Å². The van der Waals surface area contributed by atoms with Crippen molar-refractivity contribution >= 4 is 22.5 Å². The van der Waals surface area contributed by atoms with E-state index in [1.807, 2.05) is 25.1 Å². The largest absolute Gasteiger partial charge is 0.497 e. The zero-order chi connectivity index (χ0) is 20.8. The van der Waals surface area contributed by atoms with Gasteiger partial charge in [-0.2, -0.15) is 0 Å². The van der Waals surface area contributed by atoms with Crippen molar-refractivity contribution in [2.75, 3.05) is 26.1 Å². The van der Waals surface area contributed by atoms with Gasteiger partial charge in [0, 0.05) is 48.9 Å². The Kier molecular flexibility index (Phi) is 6.46. The quantitative estimate of drug-likeness (QED) is 0.637. The summed E-state index contributed by atoms with van der Waals surface area (Å²) in [7, 11) is 3.16. The Hall–Kier alpha value is -3.39. The van der Waals surface area contributed by atoms with Crippen molar-refractivity contribution < 1.29 is 14.3 Å². The summed E-state index contributed by atoms with van der Waals surface area (Å²) in [5.74, 6) is 1.20. The molecule has 8 heteroatoms. The van der Waals surface area contributed by atoms with Crippen molar-refractivity contribution in [3.63, 3.8) is 0 Å². The van der Waals surface area contributed by atoms with Gasteiger partial charge in [0.05, 0.1) is 31.8 Å². The first-order valence-corrected chi connectivity index (χ1v) is 9.29. The van der Waals surface area contributed by atoms with Crippen LogP contribution in [-0.4, -0.2) is 41.7 Å². The molecule has 0 saturated carbocycles. The summed E-state index contributed by atoms with van der Waals surface area (Å²) in [6.45, 7) is 3.20. The fraction of sp³-hybridized carbons (Fsp3) is 0.286. The zero-order valence-corrected chi connectivity index (χ0v) is 16.8. The van der Waals surface area contributed by atoms with Crippen LogP contribution in [0.3, 0.4) is 0 Å². The standard InChI is InChI=1S/C21H25N5O3/c1-4-26(13-14-5-7-23-8-6-14)21(27)25-18-12-24-17(11-22)20-16(18)9-15(28-2)10-19(20)29-3/h5-10,12H,4,11,13,22H2,1-3H3,(H,25,27). The van der Waals surface area contributed by atoms with Gasteiger partial charge in [-0.25, -0.2) is 4.79 Å². The summed E-state index contributed by atoms with van der Waals surface area (Å²) < 4.78 is 10.9. The number of fused-ring (bicyclic) bond motifs is 1. The van der Waals surface area contributed by atoms with Gasteiger partial charge in [-0.3, -0.25) is 9.97 Å². The van der Waals surface area contributed by atoms with Gasteiger partial charge in [0.2, 0.25) is 0 Å². The molecule has 29 heavy (non-hydrogen) atoms. The molecule has 1 aromatic carbocycles. The van der Waals surface area contributed by atoms with Crippen LogP contribution in [0, 0.1) is 0 Å². The maximum absolute atomic E-state index is 12.9. The monoisotopic (exact) mass is 395 g/mol. The van der Waals surface area contributed by atoms with Gasteiger partial charge in [-0.05, 0) is 30.7 Å². The van der Waals surface area contributed by atoms with Gasteiger partial charge in [0.25, 0.3) is 0 Å². The number of ether oxygens (including phenoxy) is 2. The number of hydrogen-bond donors (Lipinski definition) is 2. The van der Waals surface area contributed by atoms with Crippen LogP contribution in [0.2, 0.25) is 0 Å². The van der Waals surface area contributed by atoms with E-state index in [0.717, 1.165) is 16.3 Å². The summed E-state index contributed by atoms with van der Waals surface area (Å²) in [5, 5.41) is 4.48. The first-order chi connectivity index (χ1) is 14.1. The minimum atomic E-state index is -0.227. The Morgan fingerprint density at radius 2 is 1.97 bits per heavy atom. The molecule has 2 heterocycles. The molecule has 0 fully saturated rings. The number of hydrogen-bond acceptors (Lipinski definition) is 6. The van der Waals surface area contributed by atoms with Crippen LogP contribution in [0.1, 0.15) is 18.2 Å². The molecule has 8 nitrogen and oxygen atoms in total. The minimum Gasteiger partial charge on any atom is -0.497 e. The smallest absolute Gasteiger partial charge is 0.322 e. The number of nitrogens with zero attached hydrogens (tertiary/aromatic N) is 3. The van der Waals surface area contributed by atoms with Gasteiger partial charge in [-0.15, -0.1) is 0 Å². The van der Waals surface area contributed by atoms with Crippen LogP contribution in [-0.2, 0) is 13.1 Å². The molecule has 0 atom stereocenters. The van der Waals surface area contributed by atoms with E-state index < -0.39 is 0 Å². The van der Waals surface area contributed by atoms with Crippen LogP contribution < -0.4 is 20.5 Å². The molecular formula is C21H25N5O3. The molecule has 3 aromatic rings. The van der Waals surface area contributed by atoms with E-state index in [9.17, 15) is 4.79 Å². The highest BCUT2D eigenvalue weighted by molar-refractivity contribution is 6.04. The van der Waals surface area contributed by atoms with E-state index >= 15 is 0 Å². The number of nitrogens with two attached hydrogens (primary N) is 1. The molecule has 0 spiro atoms. The summed E-state index contributed by atoms with van der Waals surface area (Å²) in [6, 6.07) is 7.16. The highest BCUT2D eigenvalue weighted by Gasteiger charge is 2.18. The van der Waals surface area contributed by atoms with E-state index in [4.69, 9.17) is 15.2 Å². The highest BCUT2D eigenvalue weighted by atomic mass is 16.5. The van der Waals surface area contributed by atoms with Gasteiger partial charge in [-0.1, -0.05) is 0 Å². The Labute approximate surface area is 169 Å². The Bertz CT molecular complexity index is 995. The van der Waals surface area contributed by atoms with Crippen molar-refractivity contribution in [3.8, 4) is 11.5 Å². The third-order valence-corrected chi connectivity index (χ3v) is 4.69. The fourth-order valence-electron chi connectivity index (χ4n) is 3.14. The first kappa shape index (κ1) is 20.3. The number of carbonyl (C=O) groups is 1. The lowest BCUT2D eigenvalue weighted by molar-refractivity contribution is 0.212. The number of carbonyl (C=O) groups excluding carboxylic acids is 1. The van der Waals surface area contributed by atoms with Crippen molar-refractivity contribution in [1.29, 1.82) is 0 Å². The molecule has 0 saturated heterocycles. The van der Waals surface area contributed by atoms with E-state index in [0.29, 0.717) is 36.0 Å². The van der Waals surface area contributed by atoms with Crippen LogP contribution in [0.25, 0.3) is 10.8 Å². The summed E-state index contributed by atoms with van der Waals surface area (Å²) in [5.41, 5.74) is 8.11. The van der Waals surface area contributed by atoms with E-state index in [1.165, 1.54) is 0 Å². The summed E-state index contributed by atoms with van der Waals surface area (Å²) in [4.78, 5) is 23.1. The Morgan fingerprint density at radius 1 is 1.21 bits per heavy atom. The maximum Gasteiger partial charge on any atom is 0.322 e. The number of urea groups is 1. The number of benzene rings is 1. The lowest BCUT2D eigenvalue weighted by Crippen LogP contribution is -2.34. The van der Waals surface area contributed by atoms with Crippen LogP contribution in [0.4, 0.5) is 10.5 Å².